The van der Waals surface area contributed by atoms with Gasteiger partial charge in [-0.2, -0.15) is 0 Å². The van der Waals surface area contributed by atoms with Crippen molar-refractivity contribution in [1.29, 1.82) is 0 Å². The molecule has 25 heavy (non-hydrogen) atoms. The number of carboxylic acids is 1. The van der Waals surface area contributed by atoms with Crippen LogP contribution in [0.25, 0.3) is 0 Å². The molecule has 0 aliphatic carbocycles. The minimum Gasteiger partial charge on any atom is -0.480 e. The quantitative estimate of drug-likeness (QED) is 0.696. The van der Waals surface area contributed by atoms with Gasteiger partial charge in [-0.25, -0.2) is 0 Å². The summed E-state index contributed by atoms with van der Waals surface area (Å²) in [4.78, 5) is 11.9. The van der Waals surface area contributed by atoms with E-state index >= 15 is 0 Å². The van der Waals surface area contributed by atoms with Gasteiger partial charge in [0.1, 0.15) is 6.04 Å². The highest BCUT2D eigenvalue weighted by atomic mass is 16.4. The summed E-state index contributed by atoms with van der Waals surface area (Å²) in [5.74, 6) is 0.113. The van der Waals surface area contributed by atoms with Crippen molar-refractivity contribution in [3.05, 3.63) is 71.8 Å². The number of nitrogens with one attached hydrogen (secondary N) is 1. The van der Waals surface area contributed by atoms with Crippen molar-refractivity contribution in [3.63, 3.8) is 0 Å². The molecule has 0 spiro atoms. The molecular formula is C22H29NO2. The van der Waals surface area contributed by atoms with Gasteiger partial charge in [0.2, 0.25) is 0 Å². The summed E-state index contributed by atoms with van der Waals surface area (Å²) in [5.41, 5.74) is 2.18. The number of benzene rings is 2. The molecule has 134 valence electrons. The predicted octanol–water partition coefficient (Wildman–Crippen LogP) is 4.70. The third kappa shape index (κ3) is 6.02. The monoisotopic (exact) mass is 339 g/mol. The van der Waals surface area contributed by atoms with Crippen LogP contribution in [0.2, 0.25) is 0 Å². The van der Waals surface area contributed by atoms with Crippen LogP contribution in [0.4, 0.5) is 0 Å². The molecule has 3 atom stereocenters. The molecule has 0 bridgehead atoms. The third-order valence-corrected chi connectivity index (χ3v) is 4.53. The van der Waals surface area contributed by atoms with Crippen molar-refractivity contribution in [2.45, 2.75) is 45.7 Å². The molecule has 2 aromatic rings. The smallest absolute Gasteiger partial charge is 0.321 e. The molecule has 0 saturated carbocycles. The zero-order chi connectivity index (χ0) is 18.2. The van der Waals surface area contributed by atoms with Gasteiger partial charge < -0.3 is 5.11 Å². The minimum atomic E-state index is -0.804. The SMILES string of the molecule is CC(C)CC(C)C(N[C@@H](Cc1ccccc1)C(=O)O)c1ccccc1. The minimum absolute atomic E-state index is 0.0217. The van der Waals surface area contributed by atoms with Crippen molar-refractivity contribution in [1.82, 2.24) is 5.32 Å². The fourth-order valence-corrected chi connectivity index (χ4v) is 3.41. The third-order valence-electron chi connectivity index (χ3n) is 4.53. The molecule has 2 rings (SSSR count). The van der Waals surface area contributed by atoms with E-state index in [1.54, 1.807) is 0 Å². The lowest BCUT2D eigenvalue weighted by atomic mass is 9.87. The van der Waals surface area contributed by atoms with Crippen molar-refractivity contribution in [2.75, 3.05) is 0 Å². The summed E-state index contributed by atoms with van der Waals surface area (Å²) in [6.07, 6.45) is 1.53. The molecule has 0 amide bonds. The number of hydrogen-bond acceptors (Lipinski definition) is 2. The van der Waals surface area contributed by atoms with E-state index in [9.17, 15) is 9.90 Å². The predicted molar refractivity (Wildman–Crippen MR) is 103 cm³/mol. The average Bonchev–Trinajstić information content (AvgIpc) is 2.59. The van der Waals surface area contributed by atoms with E-state index in [-0.39, 0.29) is 6.04 Å². The van der Waals surface area contributed by atoms with E-state index in [0.29, 0.717) is 18.3 Å². The van der Waals surface area contributed by atoms with E-state index in [0.717, 1.165) is 17.5 Å². The van der Waals surface area contributed by atoms with Gasteiger partial charge in [0.15, 0.2) is 0 Å². The summed E-state index contributed by atoms with van der Waals surface area (Å²) in [5, 5.41) is 13.2. The maximum atomic E-state index is 11.9. The van der Waals surface area contributed by atoms with Crippen LogP contribution in [0.1, 0.15) is 44.4 Å². The Bertz CT molecular complexity index is 640. The Morgan fingerprint density at radius 1 is 0.960 bits per heavy atom. The van der Waals surface area contributed by atoms with Crippen molar-refractivity contribution >= 4 is 5.97 Å². The second kappa shape index (κ2) is 9.38. The van der Waals surface area contributed by atoms with Crippen LogP contribution in [0.15, 0.2) is 60.7 Å². The highest BCUT2D eigenvalue weighted by Crippen LogP contribution is 2.28. The number of aliphatic carboxylic acids is 1. The number of rotatable bonds is 9. The second-order valence-electron chi connectivity index (χ2n) is 7.24. The highest BCUT2D eigenvalue weighted by Gasteiger charge is 2.27. The van der Waals surface area contributed by atoms with Gasteiger partial charge in [0.25, 0.3) is 0 Å². The molecule has 2 aromatic carbocycles. The molecule has 0 fully saturated rings. The number of carbonyl (C=O) groups is 1. The van der Waals surface area contributed by atoms with Crippen LogP contribution < -0.4 is 5.32 Å². The van der Waals surface area contributed by atoms with Gasteiger partial charge in [0, 0.05) is 6.04 Å². The molecule has 0 aliphatic rings. The molecule has 0 aliphatic heterocycles. The number of hydrogen-bond donors (Lipinski definition) is 2. The van der Waals surface area contributed by atoms with E-state index < -0.39 is 12.0 Å². The van der Waals surface area contributed by atoms with Crippen LogP contribution in [-0.2, 0) is 11.2 Å². The molecule has 0 radical (unpaired) electrons. The molecule has 3 heteroatoms. The molecule has 0 saturated heterocycles. The standard InChI is InChI=1S/C22H29NO2/c1-16(2)14-17(3)21(19-12-8-5-9-13-19)23-20(22(24)25)15-18-10-6-4-7-11-18/h4-13,16-17,20-21,23H,14-15H2,1-3H3,(H,24,25)/t17?,20-,21?/m0/s1. The Hall–Kier alpha value is -2.13. The molecule has 2 unspecified atom stereocenters. The molecule has 0 heterocycles. The maximum Gasteiger partial charge on any atom is 0.321 e. The van der Waals surface area contributed by atoms with Gasteiger partial charge in [-0.1, -0.05) is 81.4 Å². The van der Waals surface area contributed by atoms with Crippen LogP contribution in [-0.4, -0.2) is 17.1 Å². The normalized spacial score (nSPS) is 14.9. The molecule has 0 aromatic heterocycles. The first-order valence-electron chi connectivity index (χ1n) is 9.05. The Labute approximate surface area is 151 Å². The first kappa shape index (κ1) is 19.2. The lowest BCUT2D eigenvalue weighted by molar-refractivity contribution is -0.139. The summed E-state index contributed by atoms with van der Waals surface area (Å²) in [6, 6.07) is 19.4. The van der Waals surface area contributed by atoms with Crippen LogP contribution in [0, 0.1) is 11.8 Å². The van der Waals surface area contributed by atoms with Gasteiger partial charge in [-0.15, -0.1) is 0 Å². The summed E-state index contributed by atoms with van der Waals surface area (Å²) < 4.78 is 0. The first-order valence-corrected chi connectivity index (χ1v) is 9.05. The molecule has 3 nitrogen and oxygen atoms in total. The fraction of sp³-hybridized carbons (Fsp3) is 0.409. The average molecular weight is 339 g/mol. The Morgan fingerprint density at radius 2 is 1.52 bits per heavy atom. The zero-order valence-corrected chi connectivity index (χ0v) is 15.4. The van der Waals surface area contributed by atoms with E-state index in [4.69, 9.17) is 0 Å². The van der Waals surface area contributed by atoms with Crippen LogP contribution in [0.5, 0.6) is 0 Å². The van der Waals surface area contributed by atoms with Gasteiger partial charge in [0.05, 0.1) is 0 Å². The lowest BCUT2D eigenvalue weighted by Gasteiger charge is -2.30. The van der Waals surface area contributed by atoms with E-state index in [1.807, 2.05) is 48.5 Å². The lowest BCUT2D eigenvalue weighted by Crippen LogP contribution is -2.43. The highest BCUT2D eigenvalue weighted by molar-refractivity contribution is 5.74. The van der Waals surface area contributed by atoms with Crippen LogP contribution >= 0.6 is 0 Å². The van der Waals surface area contributed by atoms with Gasteiger partial charge in [-0.3, -0.25) is 10.1 Å². The molecular weight excluding hydrogens is 310 g/mol. The summed E-state index contributed by atoms with van der Waals surface area (Å²) in [7, 11) is 0. The zero-order valence-electron chi connectivity index (χ0n) is 15.4. The largest absolute Gasteiger partial charge is 0.480 e. The fourth-order valence-electron chi connectivity index (χ4n) is 3.41. The Balaban J connectivity index is 2.21. The summed E-state index contributed by atoms with van der Waals surface area (Å²) in [6.45, 7) is 6.61. The van der Waals surface area contributed by atoms with Crippen molar-refractivity contribution < 1.29 is 9.90 Å². The van der Waals surface area contributed by atoms with Gasteiger partial charge >= 0.3 is 5.97 Å². The number of carboxylic acid groups (broad SMARTS) is 1. The van der Waals surface area contributed by atoms with E-state index in [2.05, 4.69) is 38.2 Å². The topological polar surface area (TPSA) is 49.3 Å². The molecule has 2 N–H and O–H groups in total. The first-order chi connectivity index (χ1) is 12.0. The Morgan fingerprint density at radius 3 is 2.04 bits per heavy atom. The van der Waals surface area contributed by atoms with Crippen molar-refractivity contribution in [2.24, 2.45) is 11.8 Å². The van der Waals surface area contributed by atoms with Crippen LogP contribution in [0.3, 0.4) is 0 Å². The Kier molecular flexibility index (Phi) is 7.20. The van der Waals surface area contributed by atoms with Crippen molar-refractivity contribution in [3.8, 4) is 0 Å². The second-order valence-corrected chi connectivity index (χ2v) is 7.24. The maximum absolute atomic E-state index is 11.9. The summed E-state index contributed by atoms with van der Waals surface area (Å²) >= 11 is 0. The van der Waals surface area contributed by atoms with Gasteiger partial charge in [-0.05, 0) is 35.8 Å². The van der Waals surface area contributed by atoms with E-state index in [1.165, 1.54) is 0 Å².